The van der Waals surface area contributed by atoms with Crippen LogP contribution in [-0.4, -0.2) is 103 Å². The molecule has 0 aliphatic carbocycles. The molecule has 11 heteroatoms. The highest BCUT2D eigenvalue weighted by Crippen LogP contribution is 2.31. The Balaban J connectivity index is 1.29. The van der Waals surface area contributed by atoms with E-state index in [1.54, 1.807) is 0 Å². The summed E-state index contributed by atoms with van der Waals surface area (Å²) in [6.07, 6.45) is 5.04. The summed E-state index contributed by atoms with van der Waals surface area (Å²) in [5.41, 5.74) is 9.81. The van der Waals surface area contributed by atoms with Gasteiger partial charge in [-0.25, -0.2) is 9.97 Å². The van der Waals surface area contributed by atoms with Crippen molar-refractivity contribution in [1.82, 2.24) is 25.1 Å². The van der Waals surface area contributed by atoms with Crippen LogP contribution >= 0.6 is 0 Å². The number of amides is 2. The van der Waals surface area contributed by atoms with Gasteiger partial charge in [0, 0.05) is 75.8 Å². The van der Waals surface area contributed by atoms with Gasteiger partial charge < -0.3 is 31.1 Å². The second kappa shape index (κ2) is 13.1. The van der Waals surface area contributed by atoms with E-state index in [0.717, 1.165) is 50.4 Å². The van der Waals surface area contributed by atoms with Crippen molar-refractivity contribution in [3.8, 4) is 0 Å². The van der Waals surface area contributed by atoms with Crippen LogP contribution in [0.3, 0.4) is 0 Å². The highest BCUT2D eigenvalue weighted by atomic mass is 16.2. The molecular formula is C31H45N9O2. The zero-order valence-electron chi connectivity index (χ0n) is 25.2. The molecule has 2 amide bonds. The smallest absolute Gasteiger partial charge is 0.271 e. The van der Waals surface area contributed by atoms with Gasteiger partial charge in [0.15, 0.2) is 17.3 Å². The van der Waals surface area contributed by atoms with E-state index < -0.39 is 5.91 Å². The monoisotopic (exact) mass is 575 g/mol. The van der Waals surface area contributed by atoms with Gasteiger partial charge in [-0.15, -0.1) is 0 Å². The van der Waals surface area contributed by atoms with Gasteiger partial charge in [-0.3, -0.25) is 14.5 Å². The van der Waals surface area contributed by atoms with Gasteiger partial charge in [-0.1, -0.05) is 13.5 Å². The zero-order chi connectivity index (χ0) is 29.8. The maximum Gasteiger partial charge on any atom is 0.271 e. The molecule has 1 aromatic heterocycles. The Morgan fingerprint density at radius 1 is 1.05 bits per heavy atom. The lowest BCUT2D eigenvalue weighted by Crippen LogP contribution is -2.52. The molecule has 0 radical (unpaired) electrons. The predicted molar refractivity (Wildman–Crippen MR) is 168 cm³/mol. The molecule has 0 spiro atoms. The Bertz CT molecular complexity index is 1300. The molecule has 2 aromatic rings. The van der Waals surface area contributed by atoms with E-state index in [1.165, 1.54) is 37.7 Å². The number of carbonyl (C=O) groups excluding carboxylic acids is 2. The van der Waals surface area contributed by atoms with Crippen LogP contribution in [0.4, 0.5) is 23.0 Å². The number of hydrogen-bond acceptors (Lipinski definition) is 9. The van der Waals surface area contributed by atoms with E-state index >= 15 is 0 Å². The average Bonchev–Trinajstić information content (AvgIpc) is 3.45. The number of piperidine rings is 1. The fourth-order valence-corrected chi connectivity index (χ4v) is 6.42. The maximum absolute atomic E-state index is 12.4. The molecule has 0 bridgehead atoms. The minimum absolute atomic E-state index is 0.00366. The summed E-state index contributed by atoms with van der Waals surface area (Å²) in [5, 5.41) is 6.30. The molecule has 1 atom stereocenters. The van der Waals surface area contributed by atoms with Crippen molar-refractivity contribution >= 4 is 34.8 Å². The van der Waals surface area contributed by atoms with E-state index in [2.05, 4.69) is 67.9 Å². The van der Waals surface area contributed by atoms with Crippen molar-refractivity contribution in [2.24, 2.45) is 5.73 Å². The number of nitrogens with zero attached hydrogens (tertiary/aromatic N) is 6. The average molecular weight is 576 g/mol. The molecule has 0 unspecified atom stereocenters. The number of rotatable bonds is 9. The first-order valence-electron chi connectivity index (χ1n) is 15.2. The molecule has 3 fully saturated rings. The quantitative estimate of drug-likeness (QED) is 0.387. The lowest BCUT2D eigenvalue weighted by atomic mass is 10.0. The molecule has 3 aliphatic heterocycles. The van der Waals surface area contributed by atoms with Crippen LogP contribution in [0.25, 0.3) is 0 Å². The lowest BCUT2D eigenvalue weighted by molar-refractivity contribution is -0.117. The first-order valence-corrected chi connectivity index (χ1v) is 15.2. The van der Waals surface area contributed by atoms with E-state index in [9.17, 15) is 9.59 Å². The second-order valence-electron chi connectivity index (χ2n) is 11.7. The van der Waals surface area contributed by atoms with Crippen molar-refractivity contribution in [3.05, 3.63) is 47.8 Å². The lowest BCUT2D eigenvalue weighted by Gasteiger charge is -2.43. The molecule has 3 aliphatic rings. The number of nitrogens with one attached hydrogen (secondary N) is 2. The second-order valence-corrected chi connectivity index (χ2v) is 11.7. The van der Waals surface area contributed by atoms with Gasteiger partial charge in [0.2, 0.25) is 5.91 Å². The van der Waals surface area contributed by atoms with Crippen LogP contribution in [0, 0.1) is 6.92 Å². The standard InChI is InChI=1S/C31H45N9O2/c1-5-25-31(40-12-9-23(20-40)33-27(41)6-2)36-30(28(35-25)29(32)42)34-22-7-8-26(21(3)19-22)39-13-10-24(11-14-39)38-17-15-37(4)16-18-38/h6-8,19,23-24H,2,5,9-18,20H2,1,3-4H3,(H2,32,42)(H,33,41)(H,34,36)/t23-/m1/s1. The third kappa shape index (κ3) is 6.68. The summed E-state index contributed by atoms with van der Waals surface area (Å²) in [4.78, 5) is 43.4. The summed E-state index contributed by atoms with van der Waals surface area (Å²) >= 11 is 0. The highest BCUT2D eigenvalue weighted by molar-refractivity contribution is 5.96. The molecule has 1 aromatic carbocycles. The number of benzene rings is 1. The van der Waals surface area contributed by atoms with Crippen molar-refractivity contribution in [2.75, 3.05) is 74.5 Å². The Morgan fingerprint density at radius 3 is 2.40 bits per heavy atom. The number of hydrogen-bond donors (Lipinski definition) is 3. The van der Waals surface area contributed by atoms with Gasteiger partial charge >= 0.3 is 0 Å². The number of aryl methyl sites for hydroxylation is 2. The third-order valence-corrected chi connectivity index (χ3v) is 8.85. The topological polar surface area (TPSA) is 123 Å². The molecule has 42 heavy (non-hydrogen) atoms. The van der Waals surface area contributed by atoms with Crippen LogP contribution in [0.5, 0.6) is 0 Å². The number of aromatic nitrogens is 2. The summed E-state index contributed by atoms with van der Waals surface area (Å²) in [6.45, 7) is 15.7. The van der Waals surface area contributed by atoms with E-state index in [-0.39, 0.29) is 17.6 Å². The summed E-state index contributed by atoms with van der Waals surface area (Å²) in [5.74, 6) is 0.235. The van der Waals surface area contributed by atoms with Gasteiger partial charge in [0.05, 0.1) is 5.69 Å². The fraction of sp³-hybridized carbons (Fsp3) is 0.548. The first kappa shape index (κ1) is 29.8. The van der Waals surface area contributed by atoms with Crippen LogP contribution in [0.15, 0.2) is 30.9 Å². The van der Waals surface area contributed by atoms with Crippen LogP contribution in [0.2, 0.25) is 0 Å². The van der Waals surface area contributed by atoms with Gasteiger partial charge in [-0.2, -0.15) is 0 Å². The number of carbonyl (C=O) groups is 2. The minimum Gasteiger partial charge on any atom is -0.371 e. The van der Waals surface area contributed by atoms with Crippen LogP contribution < -0.4 is 26.2 Å². The Morgan fingerprint density at radius 2 is 1.76 bits per heavy atom. The van der Waals surface area contributed by atoms with Crippen molar-refractivity contribution in [3.63, 3.8) is 0 Å². The summed E-state index contributed by atoms with van der Waals surface area (Å²) in [6, 6.07) is 6.95. The zero-order valence-corrected chi connectivity index (χ0v) is 25.2. The van der Waals surface area contributed by atoms with Crippen LogP contribution in [-0.2, 0) is 11.2 Å². The molecule has 4 N–H and O–H groups in total. The van der Waals surface area contributed by atoms with Crippen molar-refractivity contribution in [2.45, 2.75) is 51.6 Å². The summed E-state index contributed by atoms with van der Waals surface area (Å²) in [7, 11) is 2.21. The molecular weight excluding hydrogens is 530 g/mol. The molecule has 5 rings (SSSR count). The SMILES string of the molecule is C=CC(=O)N[C@@H]1CCN(c2nc(Nc3ccc(N4CCC(N5CCN(C)CC5)CC4)c(C)c3)c(C(N)=O)nc2CC)C1. The van der Waals surface area contributed by atoms with Crippen molar-refractivity contribution in [1.29, 1.82) is 0 Å². The predicted octanol–water partition coefficient (Wildman–Crippen LogP) is 2.29. The first-order chi connectivity index (χ1) is 20.2. The largest absolute Gasteiger partial charge is 0.371 e. The van der Waals surface area contributed by atoms with E-state index in [0.29, 0.717) is 36.3 Å². The van der Waals surface area contributed by atoms with Crippen LogP contribution in [0.1, 0.15) is 47.9 Å². The molecule has 4 heterocycles. The molecule has 226 valence electrons. The van der Waals surface area contributed by atoms with Crippen molar-refractivity contribution < 1.29 is 9.59 Å². The number of piperazine rings is 1. The van der Waals surface area contributed by atoms with Gasteiger partial charge in [-0.05, 0) is 69.5 Å². The number of anilines is 4. The molecule has 11 nitrogen and oxygen atoms in total. The van der Waals surface area contributed by atoms with Gasteiger partial charge in [0.25, 0.3) is 5.91 Å². The summed E-state index contributed by atoms with van der Waals surface area (Å²) < 4.78 is 0. The number of nitrogens with two attached hydrogens (primary N) is 1. The Kier molecular flexibility index (Phi) is 9.27. The molecule has 3 saturated heterocycles. The third-order valence-electron chi connectivity index (χ3n) is 8.85. The normalized spacial score (nSPS) is 20.5. The Hall–Kier alpha value is -3.70. The van der Waals surface area contributed by atoms with E-state index in [4.69, 9.17) is 10.7 Å². The van der Waals surface area contributed by atoms with Gasteiger partial charge in [0.1, 0.15) is 0 Å². The maximum atomic E-state index is 12.4. The number of primary amides is 1. The minimum atomic E-state index is -0.625. The molecule has 0 saturated carbocycles. The highest BCUT2D eigenvalue weighted by Gasteiger charge is 2.29. The van der Waals surface area contributed by atoms with E-state index in [1.807, 2.05) is 13.0 Å². The number of likely N-dealkylation sites (N-methyl/N-ethyl adjacent to an activating group) is 1. The fourth-order valence-electron chi connectivity index (χ4n) is 6.42. The Labute approximate surface area is 249 Å².